The molecule has 0 aromatic heterocycles. The van der Waals surface area contributed by atoms with Crippen LogP contribution in [-0.2, 0) is 4.74 Å². The summed E-state index contributed by atoms with van der Waals surface area (Å²) in [6.07, 6.45) is 5.47. The van der Waals surface area contributed by atoms with E-state index in [1.165, 1.54) is 25.7 Å². The summed E-state index contributed by atoms with van der Waals surface area (Å²) in [6, 6.07) is 0.277. The monoisotopic (exact) mass is 230 g/mol. The maximum absolute atomic E-state index is 5.17. The van der Waals surface area contributed by atoms with Gasteiger partial charge in [-0.25, -0.2) is 0 Å². The molecule has 0 heterocycles. The zero-order valence-corrected chi connectivity index (χ0v) is 10.5. The molecule has 1 fully saturated rings. The SMILES string of the molecule is COCC(C)NC(=S)NCCC1CCC1. The molecule has 0 bridgehead atoms. The Balaban J connectivity index is 1.97. The highest BCUT2D eigenvalue weighted by Crippen LogP contribution is 2.28. The van der Waals surface area contributed by atoms with Crippen LogP contribution in [0, 0.1) is 5.92 Å². The molecule has 4 heteroatoms. The van der Waals surface area contributed by atoms with Crippen LogP contribution in [0.25, 0.3) is 0 Å². The fraction of sp³-hybridized carbons (Fsp3) is 0.909. The van der Waals surface area contributed by atoms with E-state index in [0.29, 0.717) is 6.61 Å². The van der Waals surface area contributed by atoms with E-state index in [-0.39, 0.29) is 6.04 Å². The Morgan fingerprint density at radius 2 is 2.27 bits per heavy atom. The molecule has 1 aliphatic rings. The number of rotatable bonds is 6. The van der Waals surface area contributed by atoms with E-state index >= 15 is 0 Å². The second-order valence-electron chi connectivity index (χ2n) is 4.34. The summed E-state index contributed by atoms with van der Waals surface area (Å²) >= 11 is 5.17. The van der Waals surface area contributed by atoms with Crippen LogP contribution < -0.4 is 10.6 Å². The lowest BCUT2D eigenvalue weighted by molar-refractivity contribution is 0.179. The molecular weight excluding hydrogens is 208 g/mol. The predicted molar refractivity (Wildman–Crippen MR) is 67.0 cm³/mol. The van der Waals surface area contributed by atoms with Gasteiger partial charge in [0, 0.05) is 19.7 Å². The Labute approximate surface area is 98.0 Å². The third-order valence-electron chi connectivity index (χ3n) is 2.86. The third kappa shape index (κ3) is 5.33. The van der Waals surface area contributed by atoms with Crippen LogP contribution in [0.1, 0.15) is 32.6 Å². The van der Waals surface area contributed by atoms with Crippen molar-refractivity contribution in [3.05, 3.63) is 0 Å². The molecule has 15 heavy (non-hydrogen) atoms. The molecule has 3 nitrogen and oxygen atoms in total. The molecule has 0 aromatic rings. The smallest absolute Gasteiger partial charge is 0.166 e. The van der Waals surface area contributed by atoms with E-state index in [2.05, 4.69) is 17.6 Å². The predicted octanol–water partition coefficient (Wildman–Crippen LogP) is 1.68. The Morgan fingerprint density at radius 3 is 2.80 bits per heavy atom. The van der Waals surface area contributed by atoms with Crippen molar-refractivity contribution in [2.45, 2.75) is 38.6 Å². The van der Waals surface area contributed by atoms with Crippen LogP contribution in [0.4, 0.5) is 0 Å². The average Bonchev–Trinajstić information content (AvgIpc) is 2.09. The van der Waals surface area contributed by atoms with Gasteiger partial charge in [0.15, 0.2) is 5.11 Å². The van der Waals surface area contributed by atoms with Gasteiger partial charge in [-0.3, -0.25) is 0 Å². The number of thiocarbonyl (C=S) groups is 1. The highest BCUT2D eigenvalue weighted by atomic mass is 32.1. The number of methoxy groups -OCH3 is 1. The summed E-state index contributed by atoms with van der Waals surface area (Å²) in [5, 5.41) is 7.17. The van der Waals surface area contributed by atoms with Gasteiger partial charge in [-0.2, -0.15) is 0 Å². The number of nitrogens with one attached hydrogen (secondary N) is 2. The Kier molecular flexibility index (Phi) is 5.95. The molecule has 2 N–H and O–H groups in total. The Bertz CT molecular complexity index is 195. The van der Waals surface area contributed by atoms with Crippen molar-refractivity contribution in [3.8, 4) is 0 Å². The maximum atomic E-state index is 5.17. The van der Waals surface area contributed by atoms with Gasteiger partial charge in [0.25, 0.3) is 0 Å². The number of hydrogen-bond donors (Lipinski definition) is 2. The van der Waals surface area contributed by atoms with Crippen LogP contribution in [-0.4, -0.2) is 31.4 Å². The highest BCUT2D eigenvalue weighted by Gasteiger charge is 2.16. The lowest BCUT2D eigenvalue weighted by Crippen LogP contribution is -2.43. The minimum absolute atomic E-state index is 0.277. The van der Waals surface area contributed by atoms with Crippen molar-refractivity contribution in [2.75, 3.05) is 20.3 Å². The normalized spacial score (nSPS) is 18.0. The summed E-state index contributed by atoms with van der Waals surface area (Å²) < 4.78 is 5.02. The summed E-state index contributed by atoms with van der Waals surface area (Å²) in [6.45, 7) is 3.74. The van der Waals surface area contributed by atoms with Gasteiger partial charge in [0.2, 0.25) is 0 Å². The second kappa shape index (κ2) is 7.01. The van der Waals surface area contributed by atoms with E-state index in [0.717, 1.165) is 17.6 Å². The fourth-order valence-electron chi connectivity index (χ4n) is 1.74. The van der Waals surface area contributed by atoms with Crippen LogP contribution in [0.2, 0.25) is 0 Å². The topological polar surface area (TPSA) is 33.3 Å². The molecule has 1 saturated carbocycles. The minimum Gasteiger partial charge on any atom is -0.383 e. The first-order valence-corrected chi connectivity index (χ1v) is 6.16. The molecular formula is C11H22N2OS. The molecule has 0 aliphatic heterocycles. The first-order chi connectivity index (χ1) is 7.22. The van der Waals surface area contributed by atoms with Crippen molar-refractivity contribution in [3.63, 3.8) is 0 Å². The lowest BCUT2D eigenvalue weighted by Gasteiger charge is -2.25. The van der Waals surface area contributed by atoms with Gasteiger partial charge >= 0.3 is 0 Å². The van der Waals surface area contributed by atoms with Gasteiger partial charge in [-0.15, -0.1) is 0 Å². The standard InChI is InChI=1S/C11H22N2OS/c1-9(8-14-2)13-11(15)12-7-6-10-4-3-5-10/h9-10H,3-8H2,1-2H3,(H2,12,13,15). The van der Waals surface area contributed by atoms with Gasteiger partial charge in [0.1, 0.15) is 0 Å². The lowest BCUT2D eigenvalue weighted by atomic mass is 9.83. The Morgan fingerprint density at radius 1 is 1.53 bits per heavy atom. The first kappa shape index (κ1) is 12.7. The largest absolute Gasteiger partial charge is 0.383 e. The van der Waals surface area contributed by atoms with E-state index in [1.54, 1.807) is 7.11 Å². The molecule has 0 aromatic carbocycles. The average molecular weight is 230 g/mol. The number of hydrogen-bond acceptors (Lipinski definition) is 2. The second-order valence-corrected chi connectivity index (χ2v) is 4.75. The minimum atomic E-state index is 0.277. The summed E-state index contributed by atoms with van der Waals surface area (Å²) in [5.41, 5.74) is 0. The third-order valence-corrected chi connectivity index (χ3v) is 3.12. The molecule has 0 spiro atoms. The number of ether oxygens (including phenoxy) is 1. The highest BCUT2D eigenvalue weighted by molar-refractivity contribution is 7.80. The van der Waals surface area contributed by atoms with Crippen LogP contribution in [0.5, 0.6) is 0 Å². The van der Waals surface area contributed by atoms with Crippen molar-refractivity contribution < 1.29 is 4.74 Å². The van der Waals surface area contributed by atoms with Crippen molar-refractivity contribution in [1.29, 1.82) is 0 Å². The van der Waals surface area contributed by atoms with Crippen LogP contribution in [0.15, 0.2) is 0 Å². The molecule has 1 rings (SSSR count). The molecule has 0 radical (unpaired) electrons. The van der Waals surface area contributed by atoms with Crippen molar-refractivity contribution in [2.24, 2.45) is 5.92 Å². The van der Waals surface area contributed by atoms with E-state index in [1.807, 2.05) is 0 Å². The summed E-state index contributed by atoms with van der Waals surface area (Å²) in [5.74, 6) is 0.941. The fourth-order valence-corrected chi connectivity index (χ4v) is 2.04. The quantitative estimate of drug-likeness (QED) is 0.680. The molecule has 0 saturated heterocycles. The first-order valence-electron chi connectivity index (χ1n) is 5.75. The van der Waals surface area contributed by atoms with Gasteiger partial charge in [-0.05, 0) is 31.5 Å². The van der Waals surface area contributed by atoms with Crippen molar-refractivity contribution >= 4 is 17.3 Å². The molecule has 88 valence electrons. The van der Waals surface area contributed by atoms with Gasteiger partial charge < -0.3 is 15.4 Å². The van der Waals surface area contributed by atoms with E-state index in [9.17, 15) is 0 Å². The van der Waals surface area contributed by atoms with E-state index < -0.39 is 0 Å². The van der Waals surface area contributed by atoms with Crippen molar-refractivity contribution in [1.82, 2.24) is 10.6 Å². The summed E-state index contributed by atoms with van der Waals surface area (Å²) in [7, 11) is 1.70. The molecule has 1 aliphatic carbocycles. The molecule has 1 unspecified atom stereocenters. The zero-order valence-electron chi connectivity index (χ0n) is 9.71. The molecule has 1 atom stereocenters. The van der Waals surface area contributed by atoms with Crippen LogP contribution in [0.3, 0.4) is 0 Å². The van der Waals surface area contributed by atoms with Crippen LogP contribution >= 0.6 is 12.2 Å². The molecule has 0 amide bonds. The maximum Gasteiger partial charge on any atom is 0.166 e. The Hall–Kier alpha value is -0.350. The van der Waals surface area contributed by atoms with Gasteiger partial charge in [-0.1, -0.05) is 19.3 Å². The van der Waals surface area contributed by atoms with Gasteiger partial charge in [0.05, 0.1) is 6.61 Å². The van der Waals surface area contributed by atoms with E-state index in [4.69, 9.17) is 17.0 Å². The summed E-state index contributed by atoms with van der Waals surface area (Å²) in [4.78, 5) is 0. The zero-order chi connectivity index (χ0) is 11.1.